The number of carbonyl (C=O) groups excluding carboxylic acids is 2. The molecule has 0 aliphatic heterocycles. The van der Waals surface area contributed by atoms with Gasteiger partial charge in [0.1, 0.15) is 0 Å². The van der Waals surface area contributed by atoms with Crippen molar-refractivity contribution in [1.29, 1.82) is 0 Å². The highest BCUT2D eigenvalue weighted by atomic mass is 16.2. The first kappa shape index (κ1) is 17.5. The smallest absolute Gasteiger partial charge is 0.243 e. The molecule has 5 heteroatoms. The number of hydrogen-bond acceptors (Lipinski definition) is 3. The highest BCUT2D eigenvalue weighted by Gasteiger charge is 2.06. The lowest BCUT2D eigenvalue weighted by Crippen LogP contribution is -2.22. The number of aryl methyl sites for hydroxylation is 1. The third-order valence-corrected chi connectivity index (χ3v) is 3.82. The fourth-order valence-electron chi connectivity index (χ4n) is 2.18. The van der Waals surface area contributed by atoms with Crippen LogP contribution in [0.25, 0.3) is 0 Å². The molecule has 0 saturated heterocycles. The minimum absolute atomic E-state index is 0.0244. The normalized spacial score (nSPS) is 10.1. The first-order valence-corrected chi connectivity index (χ1v) is 7.99. The van der Waals surface area contributed by atoms with Crippen LogP contribution in [0.15, 0.2) is 42.5 Å². The predicted molar refractivity (Wildman–Crippen MR) is 98.4 cm³/mol. The summed E-state index contributed by atoms with van der Waals surface area (Å²) in [7, 11) is 0. The van der Waals surface area contributed by atoms with E-state index in [4.69, 9.17) is 0 Å². The Morgan fingerprint density at radius 1 is 0.875 bits per heavy atom. The van der Waals surface area contributed by atoms with Crippen LogP contribution in [0.4, 0.5) is 17.1 Å². The van der Waals surface area contributed by atoms with Gasteiger partial charge in [-0.1, -0.05) is 19.1 Å². The Morgan fingerprint density at radius 2 is 1.54 bits per heavy atom. The van der Waals surface area contributed by atoms with Crippen LogP contribution in [-0.2, 0) is 9.59 Å². The van der Waals surface area contributed by atoms with Crippen LogP contribution < -0.4 is 16.0 Å². The van der Waals surface area contributed by atoms with Crippen molar-refractivity contribution in [3.63, 3.8) is 0 Å². The Balaban J connectivity index is 1.87. The second-order valence-electron chi connectivity index (χ2n) is 5.63. The van der Waals surface area contributed by atoms with E-state index < -0.39 is 0 Å². The van der Waals surface area contributed by atoms with Crippen LogP contribution in [0.2, 0.25) is 0 Å². The van der Waals surface area contributed by atoms with Crippen molar-refractivity contribution in [3.05, 3.63) is 53.6 Å². The second kappa shape index (κ2) is 8.15. The average molecular weight is 325 g/mol. The fraction of sp³-hybridized carbons (Fsp3) is 0.263. The monoisotopic (exact) mass is 325 g/mol. The zero-order valence-corrected chi connectivity index (χ0v) is 14.3. The number of amides is 2. The first-order valence-electron chi connectivity index (χ1n) is 7.99. The molecule has 0 bridgehead atoms. The van der Waals surface area contributed by atoms with E-state index in [1.165, 1.54) is 0 Å². The zero-order chi connectivity index (χ0) is 17.5. The quantitative estimate of drug-likeness (QED) is 0.758. The highest BCUT2D eigenvalue weighted by Crippen LogP contribution is 2.18. The summed E-state index contributed by atoms with van der Waals surface area (Å²) < 4.78 is 0. The molecule has 0 saturated carbocycles. The number of carbonyl (C=O) groups is 2. The van der Waals surface area contributed by atoms with Crippen LogP contribution in [-0.4, -0.2) is 18.4 Å². The summed E-state index contributed by atoms with van der Waals surface area (Å²) in [6.45, 7) is 5.98. The lowest BCUT2D eigenvalue weighted by molar-refractivity contribution is -0.116. The molecule has 24 heavy (non-hydrogen) atoms. The average Bonchev–Trinajstić information content (AvgIpc) is 2.58. The van der Waals surface area contributed by atoms with E-state index >= 15 is 0 Å². The first-order chi connectivity index (χ1) is 11.5. The number of anilines is 3. The topological polar surface area (TPSA) is 70.2 Å². The molecule has 0 fully saturated rings. The van der Waals surface area contributed by atoms with E-state index in [1.807, 2.05) is 44.2 Å². The summed E-state index contributed by atoms with van der Waals surface area (Å²) in [4.78, 5) is 23.4. The Hall–Kier alpha value is -2.82. The predicted octanol–water partition coefficient (Wildman–Crippen LogP) is 3.70. The van der Waals surface area contributed by atoms with Gasteiger partial charge < -0.3 is 16.0 Å². The van der Waals surface area contributed by atoms with Crippen molar-refractivity contribution in [2.75, 3.05) is 22.5 Å². The highest BCUT2D eigenvalue weighted by molar-refractivity contribution is 5.94. The van der Waals surface area contributed by atoms with Crippen LogP contribution in [0.1, 0.15) is 24.5 Å². The molecule has 2 aromatic rings. The van der Waals surface area contributed by atoms with Crippen LogP contribution in [0.3, 0.4) is 0 Å². The van der Waals surface area contributed by atoms with Gasteiger partial charge in [0.25, 0.3) is 0 Å². The van der Waals surface area contributed by atoms with Crippen LogP contribution in [0.5, 0.6) is 0 Å². The lowest BCUT2D eigenvalue weighted by atomic mass is 10.1. The molecular weight excluding hydrogens is 302 g/mol. The summed E-state index contributed by atoms with van der Waals surface area (Å²) in [5.41, 5.74) is 4.61. The van der Waals surface area contributed by atoms with Gasteiger partial charge in [-0.05, 0) is 55.3 Å². The van der Waals surface area contributed by atoms with E-state index in [1.54, 1.807) is 19.1 Å². The van der Waals surface area contributed by atoms with Gasteiger partial charge in [-0.25, -0.2) is 0 Å². The fourth-order valence-corrected chi connectivity index (χ4v) is 2.18. The summed E-state index contributed by atoms with van der Waals surface area (Å²) in [6, 6.07) is 13.1. The maximum atomic E-state index is 12.1. The number of rotatable bonds is 6. The summed E-state index contributed by atoms with van der Waals surface area (Å²) in [5.74, 6) is -0.129. The Kier molecular flexibility index (Phi) is 5.95. The third-order valence-electron chi connectivity index (χ3n) is 3.82. The molecule has 0 aromatic heterocycles. The standard InChI is InChI=1S/C19H23N3O2/c1-4-18(23)21-16-10-8-15(9-11-16)20-12-19(24)22-17-7-5-6-13(2)14(17)3/h5-11,20H,4,12H2,1-3H3,(H,21,23)(H,22,24). The molecule has 2 amide bonds. The summed E-state index contributed by atoms with van der Waals surface area (Å²) in [6.07, 6.45) is 0.443. The third kappa shape index (κ3) is 4.84. The van der Waals surface area contributed by atoms with Gasteiger partial charge >= 0.3 is 0 Å². The van der Waals surface area contributed by atoms with Crippen molar-refractivity contribution in [2.45, 2.75) is 27.2 Å². The lowest BCUT2D eigenvalue weighted by Gasteiger charge is -2.12. The molecule has 0 unspecified atom stereocenters. The molecular formula is C19H23N3O2. The van der Waals surface area contributed by atoms with Gasteiger partial charge in [-0.2, -0.15) is 0 Å². The number of nitrogens with one attached hydrogen (secondary N) is 3. The van der Waals surface area contributed by atoms with Crippen molar-refractivity contribution in [1.82, 2.24) is 0 Å². The Morgan fingerprint density at radius 3 is 2.21 bits per heavy atom. The van der Waals surface area contributed by atoms with E-state index in [0.717, 1.165) is 28.2 Å². The van der Waals surface area contributed by atoms with Crippen LogP contribution in [0, 0.1) is 13.8 Å². The second-order valence-corrected chi connectivity index (χ2v) is 5.63. The van der Waals surface area contributed by atoms with Gasteiger partial charge in [0, 0.05) is 23.5 Å². The zero-order valence-electron chi connectivity index (χ0n) is 14.3. The molecule has 0 heterocycles. The maximum absolute atomic E-state index is 12.1. The molecule has 2 aromatic carbocycles. The minimum Gasteiger partial charge on any atom is -0.376 e. The largest absolute Gasteiger partial charge is 0.376 e. The molecule has 126 valence electrons. The van der Waals surface area contributed by atoms with Gasteiger partial charge in [0.2, 0.25) is 11.8 Å². The molecule has 0 atom stereocenters. The van der Waals surface area contributed by atoms with Crippen molar-refractivity contribution >= 4 is 28.9 Å². The molecule has 0 aliphatic carbocycles. The van der Waals surface area contributed by atoms with Crippen molar-refractivity contribution < 1.29 is 9.59 Å². The molecule has 2 rings (SSSR count). The maximum Gasteiger partial charge on any atom is 0.243 e. The van der Waals surface area contributed by atoms with E-state index in [-0.39, 0.29) is 18.4 Å². The SMILES string of the molecule is CCC(=O)Nc1ccc(NCC(=O)Nc2cccc(C)c2C)cc1. The van der Waals surface area contributed by atoms with Gasteiger partial charge in [0.15, 0.2) is 0 Å². The molecule has 5 nitrogen and oxygen atoms in total. The van der Waals surface area contributed by atoms with Gasteiger partial charge in [0.05, 0.1) is 6.54 Å². The van der Waals surface area contributed by atoms with Crippen molar-refractivity contribution in [3.8, 4) is 0 Å². The van der Waals surface area contributed by atoms with Crippen LogP contribution >= 0.6 is 0 Å². The Labute approximate surface area is 142 Å². The van der Waals surface area contributed by atoms with Gasteiger partial charge in [-0.3, -0.25) is 9.59 Å². The molecule has 0 spiro atoms. The number of hydrogen-bond donors (Lipinski definition) is 3. The molecule has 0 radical (unpaired) electrons. The van der Waals surface area contributed by atoms with E-state index in [9.17, 15) is 9.59 Å². The molecule has 0 aliphatic rings. The number of benzene rings is 2. The van der Waals surface area contributed by atoms with E-state index in [2.05, 4.69) is 16.0 Å². The van der Waals surface area contributed by atoms with E-state index in [0.29, 0.717) is 6.42 Å². The molecule has 3 N–H and O–H groups in total. The minimum atomic E-state index is -0.105. The Bertz CT molecular complexity index is 724. The van der Waals surface area contributed by atoms with Gasteiger partial charge in [-0.15, -0.1) is 0 Å². The summed E-state index contributed by atoms with van der Waals surface area (Å²) in [5, 5.41) is 8.76. The summed E-state index contributed by atoms with van der Waals surface area (Å²) >= 11 is 0. The van der Waals surface area contributed by atoms with Crippen molar-refractivity contribution in [2.24, 2.45) is 0 Å².